The monoisotopic (exact) mass is 305 g/mol. The summed E-state index contributed by atoms with van der Waals surface area (Å²) in [5.74, 6) is 1.36. The number of para-hydroxylation sites is 1. The fourth-order valence-corrected chi connectivity index (χ4v) is 3.55. The van der Waals surface area contributed by atoms with Crippen molar-refractivity contribution in [2.24, 2.45) is 0 Å². The van der Waals surface area contributed by atoms with Crippen molar-refractivity contribution < 1.29 is 13.2 Å². The summed E-state index contributed by atoms with van der Waals surface area (Å²) < 4.78 is 29.6. The first-order valence-corrected chi connectivity index (χ1v) is 8.57. The molecule has 0 aliphatic rings. The number of nitrogens with zero attached hydrogens (tertiary/aromatic N) is 1. The molecule has 0 radical (unpaired) electrons. The van der Waals surface area contributed by atoms with Gasteiger partial charge in [-0.3, -0.25) is 0 Å². The third-order valence-electron chi connectivity index (χ3n) is 2.64. The fourth-order valence-electron chi connectivity index (χ4n) is 1.73. The van der Waals surface area contributed by atoms with Crippen molar-refractivity contribution in [3.05, 3.63) is 48.5 Å². The minimum Gasteiger partial charge on any atom is -0.457 e. The van der Waals surface area contributed by atoms with E-state index in [4.69, 9.17) is 4.74 Å². The van der Waals surface area contributed by atoms with E-state index in [1.807, 2.05) is 36.4 Å². The Hall–Kier alpha value is -1.92. The van der Waals surface area contributed by atoms with Crippen molar-refractivity contribution in [2.75, 3.05) is 6.26 Å². The van der Waals surface area contributed by atoms with Gasteiger partial charge in [0.15, 0.2) is 0 Å². The summed E-state index contributed by atoms with van der Waals surface area (Å²) in [5, 5.41) is 0. The molecule has 102 valence electrons. The Morgan fingerprint density at radius 1 is 1.05 bits per heavy atom. The lowest BCUT2D eigenvalue weighted by molar-refractivity contribution is 0.483. The minimum absolute atomic E-state index is 0.129. The molecule has 2 aromatic carbocycles. The van der Waals surface area contributed by atoms with E-state index in [0.717, 1.165) is 28.0 Å². The van der Waals surface area contributed by atoms with E-state index in [9.17, 15) is 8.42 Å². The van der Waals surface area contributed by atoms with E-state index >= 15 is 0 Å². The van der Waals surface area contributed by atoms with Crippen LogP contribution >= 0.6 is 11.3 Å². The van der Waals surface area contributed by atoms with Gasteiger partial charge in [0.05, 0.1) is 10.2 Å². The number of fused-ring (bicyclic) bond motifs is 1. The molecule has 0 saturated heterocycles. The van der Waals surface area contributed by atoms with E-state index in [0.29, 0.717) is 11.3 Å². The molecular formula is C14H11NO3S2. The quantitative estimate of drug-likeness (QED) is 0.743. The van der Waals surface area contributed by atoms with Gasteiger partial charge in [-0.15, -0.1) is 11.3 Å². The van der Waals surface area contributed by atoms with Crippen LogP contribution in [-0.4, -0.2) is 19.7 Å². The van der Waals surface area contributed by atoms with E-state index in [-0.39, 0.29) is 4.34 Å². The first kappa shape index (κ1) is 13.1. The molecule has 4 nitrogen and oxygen atoms in total. The Kier molecular flexibility index (Phi) is 3.19. The van der Waals surface area contributed by atoms with Crippen molar-refractivity contribution in [3.8, 4) is 11.5 Å². The maximum Gasteiger partial charge on any atom is 0.210 e. The van der Waals surface area contributed by atoms with Crippen LogP contribution in [0.25, 0.3) is 10.2 Å². The molecular weight excluding hydrogens is 294 g/mol. The number of rotatable bonds is 3. The van der Waals surface area contributed by atoms with E-state index in [2.05, 4.69) is 4.98 Å². The SMILES string of the molecule is CS(=O)(=O)c1nc2cc(Oc3ccccc3)ccc2s1. The third kappa shape index (κ3) is 2.66. The summed E-state index contributed by atoms with van der Waals surface area (Å²) in [5.41, 5.74) is 0.629. The molecule has 1 aromatic heterocycles. The molecule has 0 N–H and O–H groups in total. The second-order valence-corrected chi connectivity index (χ2v) is 7.52. The van der Waals surface area contributed by atoms with Crippen molar-refractivity contribution in [1.82, 2.24) is 4.98 Å². The highest BCUT2D eigenvalue weighted by Gasteiger charge is 2.14. The van der Waals surface area contributed by atoms with Crippen molar-refractivity contribution >= 4 is 31.4 Å². The molecule has 20 heavy (non-hydrogen) atoms. The highest BCUT2D eigenvalue weighted by molar-refractivity contribution is 7.92. The predicted octanol–water partition coefficient (Wildman–Crippen LogP) is 3.49. The molecule has 0 spiro atoms. The van der Waals surface area contributed by atoms with Gasteiger partial charge in [-0.05, 0) is 24.3 Å². The van der Waals surface area contributed by atoms with E-state index in [1.54, 1.807) is 12.1 Å². The average molecular weight is 305 g/mol. The van der Waals surface area contributed by atoms with Gasteiger partial charge in [0.2, 0.25) is 14.2 Å². The van der Waals surface area contributed by atoms with Crippen LogP contribution in [0.4, 0.5) is 0 Å². The molecule has 0 unspecified atom stereocenters. The van der Waals surface area contributed by atoms with E-state index < -0.39 is 9.84 Å². The van der Waals surface area contributed by atoms with Gasteiger partial charge in [0, 0.05) is 12.3 Å². The zero-order valence-corrected chi connectivity index (χ0v) is 12.2. The Morgan fingerprint density at radius 2 is 1.80 bits per heavy atom. The molecule has 1 heterocycles. The molecule has 0 aliphatic heterocycles. The summed E-state index contributed by atoms with van der Waals surface area (Å²) in [4.78, 5) is 4.14. The highest BCUT2D eigenvalue weighted by Crippen LogP contribution is 2.30. The second kappa shape index (κ2) is 4.88. The number of thiazole rings is 1. The van der Waals surface area contributed by atoms with Crippen molar-refractivity contribution in [3.63, 3.8) is 0 Å². The van der Waals surface area contributed by atoms with Crippen molar-refractivity contribution in [2.45, 2.75) is 4.34 Å². The Bertz CT molecular complexity index is 855. The molecule has 3 aromatic rings. The lowest BCUT2D eigenvalue weighted by atomic mass is 10.3. The standard InChI is InChI=1S/C14H11NO3S2/c1-20(16,17)14-15-12-9-11(7-8-13(12)19-14)18-10-5-3-2-4-6-10/h2-9H,1H3. The largest absolute Gasteiger partial charge is 0.457 e. The number of ether oxygens (including phenoxy) is 1. The van der Waals surface area contributed by atoms with E-state index in [1.165, 1.54) is 0 Å². The zero-order chi connectivity index (χ0) is 14.2. The van der Waals surface area contributed by atoms with Crippen molar-refractivity contribution in [1.29, 1.82) is 0 Å². The predicted molar refractivity (Wildman–Crippen MR) is 79.2 cm³/mol. The van der Waals surface area contributed by atoms with Gasteiger partial charge in [-0.25, -0.2) is 13.4 Å². The molecule has 0 bridgehead atoms. The molecule has 0 aliphatic carbocycles. The van der Waals surface area contributed by atoms with Crippen LogP contribution in [-0.2, 0) is 9.84 Å². The average Bonchev–Trinajstić information content (AvgIpc) is 2.83. The normalized spacial score (nSPS) is 11.7. The first-order valence-electron chi connectivity index (χ1n) is 5.86. The number of hydrogen-bond donors (Lipinski definition) is 0. The summed E-state index contributed by atoms with van der Waals surface area (Å²) in [6.45, 7) is 0. The Balaban J connectivity index is 1.99. The van der Waals surface area contributed by atoms with Gasteiger partial charge >= 0.3 is 0 Å². The minimum atomic E-state index is -3.27. The molecule has 0 amide bonds. The topological polar surface area (TPSA) is 56.3 Å². The van der Waals surface area contributed by atoms with Crippen LogP contribution in [0.1, 0.15) is 0 Å². The summed E-state index contributed by atoms with van der Waals surface area (Å²) in [6.07, 6.45) is 1.16. The lowest BCUT2D eigenvalue weighted by Gasteiger charge is -2.04. The molecule has 0 atom stereocenters. The molecule has 3 rings (SSSR count). The summed E-state index contributed by atoms with van der Waals surface area (Å²) in [6, 6.07) is 14.8. The highest BCUT2D eigenvalue weighted by atomic mass is 32.2. The third-order valence-corrected chi connectivity index (χ3v) is 5.35. The second-order valence-electron chi connectivity index (χ2n) is 4.30. The van der Waals surface area contributed by atoms with Crippen LogP contribution in [0.3, 0.4) is 0 Å². The number of hydrogen-bond acceptors (Lipinski definition) is 5. The van der Waals surface area contributed by atoms with Crippen LogP contribution in [0.5, 0.6) is 11.5 Å². The van der Waals surface area contributed by atoms with Crippen LogP contribution in [0.2, 0.25) is 0 Å². The Labute approximate surface area is 120 Å². The number of aromatic nitrogens is 1. The van der Waals surface area contributed by atoms with Gasteiger partial charge in [-0.2, -0.15) is 0 Å². The maximum atomic E-state index is 11.5. The fraction of sp³-hybridized carbons (Fsp3) is 0.0714. The lowest BCUT2D eigenvalue weighted by Crippen LogP contribution is -1.94. The smallest absolute Gasteiger partial charge is 0.210 e. The van der Waals surface area contributed by atoms with Crippen LogP contribution < -0.4 is 4.74 Å². The summed E-state index contributed by atoms with van der Waals surface area (Å²) in [7, 11) is -3.27. The van der Waals surface area contributed by atoms with Crippen LogP contribution in [0, 0.1) is 0 Å². The summed E-state index contributed by atoms with van der Waals surface area (Å²) >= 11 is 1.16. The van der Waals surface area contributed by atoms with Gasteiger partial charge < -0.3 is 4.74 Å². The van der Waals surface area contributed by atoms with Gasteiger partial charge in [0.1, 0.15) is 11.5 Å². The molecule has 0 saturated carbocycles. The number of benzene rings is 2. The van der Waals surface area contributed by atoms with Crippen LogP contribution in [0.15, 0.2) is 52.9 Å². The zero-order valence-electron chi connectivity index (χ0n) is 10.6. The Morgan fingerprint density at radius 3 is 2.50 bits per heavy atom. The first-order chi connectivity index (χ1) is 9.52. The number of sulfone groups is 1. The molecule has 0 fully saturated rings. The van der Waals surface area contributed by atoms with Gasteiger partial charge in [0.25, 0.3) is 0 Å². The molecule has 6 heteroatoms. The van der Waals surface area contributed by atoms with Gasteiger partial charge in [-0.1, -0.05) is 18.2 Å². The maximum absolute atomic E-state index is 11.5.